The first kappa shape index (κ1) is 13.8. The Kier molecular flexibility index (Phi) is 3.48. The molecule has 2 aromatic rings. The molecule has 0 aliphatic carbocycles. The number of anilines is 1. The molecule has 0 unspecified atom stereocenters. The molecule has 1 aliphatic heterocycles. The topological polar surface area (TPSA) is 66.6 Å². The number of nitroso groups, excluding NO2 is 1. The smallest absolute Gasteiger partial charge is 0.145 e. The van der Waals surface area contributed by atoms with E-state index < -0.39 is 0 Å². The molecule has 21 heavy (non-hydrogen) atoms. The SMILES string of the molecule is C[C@H]1CCN(N=O)C[C@H]1N(C)c1ncnc2c1ccn2C. The second kappa shape index (κ2) is 5.31. The van der Waals surface area contributed by atoms with Gasteiger partial charge in [0.1, 0.15) is 17.8 Å². The number of aryl methyl sites for hydroxylation is 1. The molecule has 3 rings (SSSR count). The molecule has 0 saturated carbocycles. The lowest BCUT2D eigenvalue weighted by molar-refractivity contribution is 0.169. The van der Waals surface area contributed by atoms with E-state index in [1.54, 1.807) is 11.3 Å². The van der Waals surface area contributed by atoms with Gasteiger partial charge in [-0.15, -0.1) is 4.91 Å². The lowest BCUT2D eigenvalue weighted by Crippen LogP contribution is -2.49. The maximum absolute atomic E-state index is 10.8. The molecule has 2 atom stereocenters. The van der Waals surface area contributed by atoms with E-state index in [0.717, 1.165) is 29.8 Å². The third-order valence-corrected chi connectivity index (χ3v) is 4.48. The Hall–Kier alpha value is -2.18. The van der Waals surface area contributed by atoms with E-state index in [9.17, 15) is 4.91 Å². The van der Waals surface area contributed by atoms with Crippen LogP contribution in [0.3, 0.4) is 0 Å². The molecule has 112 valence electrons. The Morgan fingerprint density at radius 2 is 2.24 bits per heavy atom. The molecule has 0 radical (unpaired) electrons. The monoisotopic (exact) mass is 288 g/mol. The van der Waals surface area contributed by atoms with Gasteiger partial charge >= 0.3 is 0 Å². The number of hydrogen-bond acceptors (Lipinski definition) is 5. The molecule has 1 fully saturated rings. The van der Waals surface area contributed by atoms with Crippen molar-refractivity contribution in [1.29, 1.82) is 0 Å². The molecule has 0 bridgehead atoms. The standard InChI is InChI=1S/C14H20N6O/c1-10-4-7-20(17-21)8-12(10)19(3)14-11-5-6-18(2)13(11)15-9-16-14/h5-6,9-10,12H,4,7-8H2,1-3H3/t10-,12+/m0/s1. The quantitative estimate of drug-likeness (QED) is 0.806. The zero-order chi connectivity index (χ0) is 15.0. The van der Waals surface area contributed by atoms with Gasteiger partial charge in [0.15, 0.2) is 0 Å². The van der Waals surface area contributed by atoms with Crippen LogP contribution in [0, 0.1) is 10.8 Å². The average molecular weight is 288 g/mol. The van der Waals surface area contributed by atoms with Gasteiger partial charge in [-0.1, -0.05) is 6.92 Å². The molecule has 1 saturated heterocycles. The Morgan fingerprint density at radius 1 is 1.43 bits per heavy atom. The summed E-state index contributed by atoms with van der Waals surface area (Å²) in [6, 6.07) is 2.25. The minimum atomic E-state index is 0.217. The molecule has 2 aromatic heterocycles. The van der Waals surface area contributed by atoms with Gasteiger partial charge in [-0.25, -0.2) is 9.97 Å². The van der Waals surface area contributed by atoms with E-state index in [1.165, 1.54) is 0 Å². The molecule has 3 heterocycles. The summed E-state index contributed by atoms with van der Waals surface area (Å²) in [5.41, 5.74) is 0.917. The second-order valence-electron chi connectivity index (χ2n) is 5.80. The molecule has 0 spiro atoms. The van der Waals surface area contributed by atoms with E-state index in [2.05, 4.69) is 27.1 Å². The van der Waals surface area contributed by atoms with Crippen LogP contribution in [-0.4, -0.2) is 45.7 Å². The van der Waals surface area contributed by atoms with Crippen molar-refractivity contribution in [1.82, 2.24) is 19.5 Å². The van der Waals surface area contributed by atoms with Gasteiger partial charge in [-0.3, -0.25) is 5.01 Å². The van der Waals surface area contributed by atoms with E-state index >= 15 is 0 Å². The lowest BCUT2D eigenvalue weighted by atomic mass is 9.93. The van der Waals surface area contributed by atoms with Crippen molar-refractivity contribution >= 4 is 16.9 Å². The molecule has 0 N–H and O–H groups in total. The first-order valence-electron chi connectivity index (χ1n) is 7.19. The van der Waals surface area contributed by atoms with Crippen LogP contribution in [0.15, 0.2) is 23.9 Å². The molecule has 0 amide bonds. The van der Waals surface area contributed by atoms with Gasteiger partial charge in [0.2, 0.25) is 0 Å². The summed E-state index contributed by atoms with van der Waals surface area (Å²) in [6.45, 7) is 3.59. The Bertz CT molecular complexity index is 654. The normalized spacial score (nSPS) is 22.5. The third-order valence-electron chi connectivity index (χ3n) is 4.48. The fourth-order valence-electron chi connectivity index (χ4n) is 3.11. The van der Waals surface area contributed by atoms with Crippen LogP contribution in [0.4, 0.5) is 5.82 Å². The molecular formula is C14H20N6O. The van der Waals surface area contributed by atoms with Crippen molar-refractivity contribution in [2.75, 3.05) is 25.0 Å². The van der Waals surface area contributed by atoms with Crippen molar-refractivity contribution in [3.05, 3.63) is 23.5 Å². The summed E-state index contributed by atoms with van der Waals surface area (Å²) in [7, 11) is 4.00. The molecule has 1 aliphatic rings. The zero-order valence-electron chi connectivity index (χ0n) is 12.6. The van der Waals surface area contributed by atoms with E-state index in [0.29, 0.717) is 12.5 Å². The summed E-state index contributed by atoms with van der Waals surface area (Å²) >= 11 is 0. The highest BCUT2D eigenvalue weighted by molar-refractivity contribution is 5.87. The maximum atomic E-state index is 10.8. The summed E-state index contributed by atoms with van der Waals surface area (Å²) in [4.78, 5) is 21.8. The summed E-state index contributed by atoms with van der Waals surface area (Å²) in [5, 5.41) is 5.73. The Balaban J connectivity index is 1.95. The van der Waals surface area contributed by atoms with Crippen molar-refractivity contribution in [3.8, 4) is 0 Å². The van der Waals surface area contributed by atoms with Crippen LogP contribution < -0.4 is 4.90 Å². The fourth-order valence-corrected chi connectivity index (χ4v) is 3.11. The van der Waals surface area contributed by atoms with Crippen molar-refractivity contribution in [3.63, 3.8) is 0 Å². The second-order valence-corrected chi connectivity index (χ2v) is 5.80. The number of aromatic nitrogens is 3. The van der Waals surface area contributed by atoms with E-state index in [1.807, 2.05) is 30.9 Å². The predicted octanol–water partition coefficient (Wildman–Crippen LogP) is 1.80. The highest BCUT2D eigenvalue weighted by Gasteiger charge is 2.31. The minimum absolute atomic E-state index is 0.217. The number of likely N-dealkylation sites (N-methyl/N-ethyl adjacent to an activating group) is 1. The van der Waals surface area contributed by atoms with Crippen LogP contribution in [-0.2, 0) is 7.05 Å². The molecule has 0 aromatic carbocycles. The van der Waals surface area contributed by atoms with Crippen molar-refractivity contribution < 1.29 is 0 Å². The number of hydrogen-bond donors (Lipinski definition) is 0. The number of fused-ring (bicyclic) bond motifs is 1. The number of rotatable bonds is 3. The summed E-state index contributed by atoms with van der Waals surface area (Å²) < 4.78 is 1.98. The van der Waals surface area contributed by atoms with Gasteiger partial charge in [0.05, 0.1) is 23.3 Å². The number of piperidine rings is 1. The van der Waals surface area contributed by atoms with E-state index in [4.69, 9.17) is 0 Å². The van der Waals surface area contributed by atoms with Crippen LogP contribution >= 0.6 is 0 Å². The molecule has 7 heteroatoms. The first-order valence-corrected chi connectivity index (χ1v) is 7.19. The maximum Gasteiger partial charge on any atom is 0.145 e. The third kappa shape index (κ3) is 2.32. The van der Waals surface area contributed by atoms with Crippen LogP contribution in [0.1, 0.15) is 13.3 Å². The number of nitrogens with zero attached hydrogens (tertiary/aromatic N) is 6. The minimum Gasteiger partial charge on any atom is -0.354 e. The van der Waals surface area contributed by atoms with Crippen LogP contribution in [0.25, 0.3) is 11.0 Å². The van der Waals surface area contributed by atoms with Gasteiger partial charge in [-0.05, 0) is 18.4 Å². The van der Waals surface area contributed by atoms with Gasteiger partial charge < -0.3 is 9.47 Å². The van der Waals surface area contributed by atoms with Crippen molar-refractivity contribution in [2.24, 2.45) is 18.3 Å². The van der Waals surface area contributed by atoms with Gasteiger partial charge in [-0.2, -0.15) is 0 Å². The van der Waals surface area contributed by atoms with Gasteiger partial charge in [0, 0.05) is 26.8 Å². The summed E-state index contributed by atoms with van der Waals surface area (Å²) in [6.07, 6.45) is 4.54. The molecular weight excluding hydrogens is 268 g/mol. The van der Waals surface area contributed by atoms with E-state index in [-0.39, 0.29) is 6.04 Å². The van der Waals surface area contributed by atoms with Crippen LogP contribution in [0.5, 0.6) is 0 Å². The zero-order valence-corrected chi connectivity index (χ0v) is 12.6. The van der Waals surface area contributed by atoms with Crippen molar-refractivity contribution in [2.45, 2.75) is 19.4 Å². The Labute approximate surface area is 123 Å². The predicted molar refractivity (Wildman–Crippen MR) is 81.8 cm³/mol. The average Bonchev–Trinajstić information content (AvgIpc) is 2.89. The summed E-state index contributed by atoms with van der Waals surface area (Å²) in [5.74, 6) is 1.40. The molecule has 7 nitrogen and oxygen atoms in total. The van der Waals surface area contributed by atoms with Gasteiger partial charge in [0.25, 0.3) is 0 Å². The fraction of sp³-hybridized carbons (Fsp3) is 0.571. The van der Waals surface area contributed by atoms with Crippen LogP contribution in [0.2, 0.25) is 0 Å². The largest absolute Gasteiger partial charge is 0.354 e. The highest BCUT2D eigenvalue weighted by Crippen LogP contribution is 2.29. The first-order chi connectivity index (χ1) is 10.1. The Morgan fingerprint density at radius 3 is 3.00 bits per heavy atom. The lowest BCUT2D eigenvalue weighted by Gasteiger charge is -2.39. The highest BCUT2D eigenvalue weighted by atomic mass is 16.3.